The van der Waals surface area contributed by atoms with E-state index in [9.17, 15) is 24.6 Å². The first kappa shape index (κ1) is 42.7. The Hall–Kier alpha value is -6.69. The Bertz CT molecular complexity index is 2050. The van der Waals surface area contributed by atoms with Gasteiger partial charge in [-0.15, -0.1) is 10.2 Å². The summed E-state index contributed by atoms with van der Waals surface area (Å²) in [4.78, 5) is 34.1. The quantitative estimate of drug-likeness (QED) is 0.0494. The Balaban J connectivity index is 0.000000305. The normalized spacial score (nSPS) is 10.7. The largest absolute Gasteiger partial charge is 0.506 e. The second kappa shape index (κ2) is 21.7. The zero-order valence-corrected chi connectivity index (χ0v) is 31.6. The van der Waals surface area contributed by atoms with Crippen LogP contribution in [0.4, 0.5) is 22.7 Å². The number of phenols is 2. The van der Waals surface area contributed by atoms with Crippen molar-refractivity contribution in [3.63, 3.8) is 0 Å². The van der Waals surface area contributed by atoms with Crippen LogP contribution in [0.2, 0.25) is 0 Å². The van der Waals surface area contributed by atoms with Crippen molar-refractivity contribution in [2.45, 2.75) is 47.0 Å². The number of esters is 3. The van der Waals surface area contributed by atoms with Gasteiger partial charge in [-0.1, -0.05) is 56.1 Å². The lowest BCUT2D eigenvalue weighted by Gasteiger charge is -2.06. The number of nitrogens with zero attached hydrogens (tertiary/aromatic N) is 4. The zero-order valence-electron chi connectivity index (χ0n) is 31.6. The van der Waals surface area contributed by atoms with Crippen molar-refractivity contribution in [2.75, 3.05) is 19.8 Å². The summed E-state index contributed by atoms with van der Waals surface area (Å²) in [6.45, 7) is 18.1. The minimum atomic E-state index is -0.434. The number of hydrogen-bond acceptors (Lipinski definition) is 12. The monoisotopic (exact) mass is 746 g/mol. The highest BCUT2D eigenvalue weighted by Gasteiger charge is 2.07. The Morgan fingerprint density at radius 1 is 0.509 bits per heavy atom. The summed E-state index contributed by atoms with van der Waals surface area (Å²) in [6.07, 6.45) is 1.68. The van der Waals surface area contributed by atoms with Gasteiger partial charge in [0.05, 0.1) is 31.2 Å². The van der Waals surface area contributed by atoms with Crippen LogP contribution in [-0.2, 0) is 47.9 Å². The minimum absolute atomic E-state index is 0.00220. The molecule has 2 N–H and O–H groups in total. The van der Waals surface area contributed by atoms with E-state index in [1.54, 1.807) is 57.2 Å². The van der Waals surface area contributed by atoms with Crippen molar-refractivity contribution in [3.8, 4) is 11.5 Å². The van der Waals surface area contributed by atoms with E-state index in [0.29, 0.717) is 65.3 Å². The lowest BCUT2D eigenvalue weighted by molar-refractivity contribution is -0.139. The van der Waals surface area contributed by atoms with E-state index in [2.05, 4.69) is 40.2 Å². The van der Waals surface area contributed by atoms with E-state index in [1.165, 1.54) is 6.07 Å². The molecule has 0 aromatic heterocycles. The van der Waals surface area contributed by atoms with E-state index < -0.39 is 11.9 Å². The van der Waals surface area contributed by atoms with Crippen molar-refractivity contribution in [3.05, 3.63) is 144 Å². The Labute approximate surface area is 321 Å². The number of aryl methyl sites for hydroxylation is 1. The molecule has 4 aromatic carbocycles. The molecule has 0 fully saturated rings. The van der Waals surface area contributed by atoms with E-state index in [0.717, 1.165) is 22.3 Å². The van der Waals surface area contributed by atoms with E-state index in [4.69, 9.17) is 14.2 Å². The molecule has 0 saturated carbocycles. The molecule has 0 aliphatic heterocycles. The zero-order chi connectivity index (χ0) is 40.3. The number of hydrogen-bond donors (Lipinski definition) is 2. The molecule has 0 aliphatic carbocycles. The minimum Gasteiger partial charge on any atom is -0.506 e. The molecule has 12 nitrogen and oxygen atoms in total. The van der Waals surface area contributed by atoms with Crippen LogP contribution in [0.5, 0.6) is 11.5 Å². The number of benzene rings is 4. The highest BCUT2D eigenvalue weighted by Crippen LogP contribution is 2.30. The first-order valence-corrected chi connectivity index (χ1v) is 17.3. The molecule has 55 heavy (non-hydrogen) atoms. The number of rotatable bonds is 16. The summed E-state index contributed by atoms with van der Waals surface area (Å²) in [5, 5.41) is 36.2. The van der Waals surface area contributed by atoms with Gasteiger partial charge in [-0.2, -0.15) is 10.2 Å². The van der Waals surface area contributed by atoms with Gasteiger partial charge in [-0.25, -0.2) is 14.4 Å². The lowest BCUT2D eigenvalue weighted by Crippen LogP contribution is -2.07. The van der Waals surface area contributed by atoms with Gasteiger partial charge in [-0.3, -0.25) is 0 Å². The Morgan fingerprint density at radius 2 is 0.855 bits per heavy atom. The third-order valence-corrected chi connectivity index (χ3v) is 7.51. The summed E-state index contributed by atoms with van der Waals surface area (Å²) < 4.78 is 15.2. The molecule has 0 unspecified atom stereocenters. The van der Waals surface area contributed by atoms with Crippen molar-refractivity contribution in [2.24, 2.45) is 20.5 Å². The highest BCUT2D eigenvalue weighted by molar-refractivity contribution is 5.87. The number of aromatic hydroxyl groups is 2. The molecule has 0 heterocycles. The molecule has 0 saturated heterocycles. The van der Waals surface area contributed by atoms with Gasteiger partial charge in [0.25, 0.3) is 0 Å². The Kier molecular flexibility index (Phi) is 16.9. The molecule has 0 bridgehead atoms. The van der Waals surface area contributed by atoms with Crippen molar-refractivity contribution >= 4 is 40.7 Å². The molecule has 0 amide bonds. The second-order valence-corrected chi connectivity index (χ2v) is 12.5. The number of carbonyl (C=O) groups excluding carboxylic acids is 3. The topological polar surface area (TPSA) is 169 Å². The first-order valence-electron chi connectivity index (χ1n) is 17.3. The van der Waals surface area contributed by atoms with Crippen LogP contribution in [0.1, 0.15) is 43.0 Å². The van der Waals surface area contributed by atoms with Crippen LogP contribution in [-0.4, -0.2) is 47.9 Å². The van der Waals surface area contributed by atoms with Crippen LogP contribution in [0.3, 0.4) is 0 Å². The smallest absolute Gasteiger partial charge is 0.333 e. The van der Waals surface area contributed by atoms with Crippen LogP contribution < -0.4 is 0 Å². The van der Waals surface area contributed by atoms with Gasteiger partial charge in [0, 0.05) is 36.0 Å². The van der Waals surface area contributed by atoms with Crippen molar-refractivity contribution in [1.29, 1.82) is 0 Å². The molecule has 0 aliphatic rings. The fourth-order valence-corrected chi connectivity index (χ4v) is 4.35. The fraction of sp³-hybridized carbons (Fsp3) is 0.233. The molecule has 0 spiro atoms. The van der Waals surface area contributed by atoms with Gasteiger partial charge in [-0.05, 0) is 98.5 Å². The molecule has 0 radical (unpaired) electrons. The molecule has 4 rings (SSSR count). The van der Waals surface area contributed by atoms with Gasteiger partial charge < -0.3 is 24.4 Å². The summed E-state index contributed by atoms with van der Waals surface area (Å²) in [7, 11) is 0. The molecular formula is C43H46N4O8. The summed E-state index contributed by atoms with van der Waals surface area (Å²) in [5.74, 6) is -1.11. The first-order chi connectivity index (χ1) is 26.2. The molecule has 4 aromatic rings. The maximum atomic E-state index is 11.4. The van der Waals surface area contributed by atoms with Gasteiger partial charge in [0.15, 0.2) is 0 Å². The molecule has 12 heteroatoms. The van der Waals surface area contributed by atoms with E-state index in [-0.39, 0.29) is 30.7 Å². The van der Waals surface area contributed by atoms with E-state index >= 15 is 0 Å². The van der Waals surface area contributed by atoms with Crippen LogP contribution in [0.25, 0.3) is 0 Å². The number of azo groups is 2. The summed E-state index contributed by atoms with van der Waals surface area (Å²) in [6, 6.07) is 24.9. The average Bonchev–Trinajstić information content (AvgIpc) is 3.16. The molecular weight excluding hydrogens is 700 g/mol. The van der Waals surface area contributed by atoms with Gasteiger partial charge >= 0.3 is 17.9 Å². The third kappa shape index (κ3) is 15.4. The standard InChI is InChI=1S/C24H26N2O5.C19H20N2O3/c1-16(2)23(28)30-13-11-18-5-8-20(9-6-18)25-26-21-15-19(7-10-22(21)27)12-14-31-24(29)17(3)4;1-13(2)19(23)24-11-10-15-5-7-16(8-6-15)20-21-17-12-14(3)4-9-18(17)22/h5-10,15,27H,1,3,11-14H2,2,4H3;4-9,12,22H,1,10-11H2,2-3H3. The summed E-state index contributed by atoms with van der Waals surface area (Å²) in [5.41, 5.74) is 7.03. The molecule has 286 valence electrons. The van der Waals surface area contributed by atoms with E-state index in [1.807, 2.05) is 49.4 Å². The fourth-order valence-electron chi connectivity index (χ4n) is 4.35. The van der Waals surface area contributed by atoms with Crippen LogP contribution in [0.15, 0.2) is 142 Å². The van der Waals surface area contributed by atoms with Gasteiger partial charge in [0.1, 0.15) is 22.9 Å². The Morgan fingerprint density at radius 3 is 1.25 bits per heavy atom. The number of phenolic OH excluding ortho intramolecular Hbond substituents is 2. The maximum Gasteiger partial charge on any atom is 0.333 e. The van der Waals surface area contributed by atoms with Gasteiger partial charge in [0.2, 0.25) is 0 Å². The maximum absolute atomic E-state index is 11.4. The predicted molar refractivity (Wildman–Crippen MR) is 211 cm³/mol. The van der Waals surface area contributed by atoms with Crippen LogP contribution >= 0.6 is 0 Å². The van der Waals surface area contributed by atoms with Crippen LogP contribution in [0, 0.1) is 6.92 Å². The average molecular weight is 747 g/mol. The SMILES string of the molecule is C=C(C)C(=O)OCCc1ccc(N=Nc2cc(C)ccc2O)cc1.C=C(C)C(=O)OCCc1ccc(N=Nc2cc(CCOC(=O)C(=C)C)ccc2O)cc1. The highest BCUT2D eigenvalue weighted by atomic mass is 16.5. The molecule has 0 atom stereocenters. The number of ether oxygens (including phenoxy) is 3. The lowest BCUT2D eigenvalue weighted by atomic mass is 10.1. The third-order valence-electron chi connectivity index (χ3n) is 7.51. The summed E-state index contributed by atoms with van der Waals surface area (Å²) >= 11 is 0. The van der Waals surface area contributed by atoms with Crippen molar-refractivity contribution < 1.29 is 38.8 Å². The predicted octanol–water partition coefficient (Wildman–Crippen LogP) is 9.91. The number of carbonyl (C=O) groups is 3. The second-order valence-electron chi connectivity index (χ2n) is 12.5. The van der Waals surface area contributed by atoms with Crippen molar-refractivity contribution in [1.82, 2.24) is 0 Å².